The molecule has 0 radical (unpaired) electrons. The van der Waals surface area contributed by atoms with Gasteiger partial charge in [0.15, 0.2) is 5.71 Å². The summed E-state index contributed by atoms with van der Waals surface area (Å²) < 4.78 is 56.7. The first-order chi connectivity index (χ1) is 11.8. The van der Waals surface area contributed by atoms with E-state index >= 15 is 0 Å². The van der Waals surface area contributed by atoms with Crippen molar-refractivity contribution in [3.8, 4) is 0 Å². The predicted octanol–water partition coefficient (Wildman–Crippen LogP) is 3.28. The van der Waals surface area contributed by atoms with E-state index in [1.807, 2.05) is 0 Å². The summed E-state index contributed by atoms with van der Waals surface area (Å²) >= 11 is 0. The normalized spacial score (nSPS) is 12.7. The Labute approximate surface area is 144 Å². The summed E-state index contributed by atoms with van der Waals surface area (Å²) in [5.74, 6) is -6.03. The maximum absolute atomic E-state index is 14.8. The number of nitrogens with zero attached hydrogens (tertiary/aromatic N) is 1. The molecule has 0 bridgehead atoms. The van der Waals surface area contributed by atoms with Gasteiger partial charge < -0.3 is 0 Å². The minimum atomic E-state index is -4.11. The summed E-state index contributed by atoms with van der Waals surface area (Å²) in [6.07, 6.45) is 0. The van der Waals surface area contributed by atoms with Gasteiger partial charge in [-0.1, -0.05) is 65.8 Å². The lowest BCUT2D eigenvalue weighted by Gasteiger charge is -2.17. The number of rotatable bonds is 7. The molecule has 132 valence electrons. The molecule has 0 saturated carbocycles. The van der Waals surface area contributed by atoms with Gasteiger partial charge in [0.25, 0.3) is 0 Å². The fraction of sp³-hybridized carbons (Fsp3) is 0.176. The molecular formula is C17H15F2NO4S. The van der Waals surface area contributed by atoms with Crippen LogP contribution in [0.3, 0.4) is 0 Å². The molecule has 2 aromatic carbocycles. The number of carbonyl (C=O) groups excluding carboxylic acids is 1. The quantitative estimate of drug-likeness (QED) is 0.428. The third-order valence-electron chi connectivity index (χ3n) is 3.26. The third kappa shape index (κ3) is 4.48. The Kier molecular flexibility index (Phi) is 5.63. The molecule has 0 aliphatic rings. The Hall–Kier alpha value is -2.61. The van der Waals surface area contributed by atoms with Gasteiger partial charge in [-0.2, -0.15) is 17.2 Å². The van der Waals surface area contributed by atoms with Crippen molar-refractivity contribution < 1.29 is 26.3 Å². The monoisotopic (exact) mass is 367 g/mol. The Morgan fingerprint density at radius 1 is 1.00 bits per heavy atom. The fourth-order valence-corrected chi connectivity index (χ4v) is 2.21. The van der Waals surface area contributed by atoms with Crippen molar-refractivity contribution in [1.82, 2.24) is 0 Å². The van der Waals surface area contributed by atoms with E-state index < -0.39 is 33.3 Å². The van der Waals surface area contributed by atoms with Gasteiger partial charge in [0.05, 0.1) is 5.75 Å². The highest BCUT2D eigenvalue weighted by Crippen LogP contribution is 2.26. The highest BCUT2D eigenvalue weighted by molar-refractivity contribution is 7.86. The van der Waals surface area contributed by atoms with E-state index in [0.717, 1.165) is 0 Å². The summed E-state index contributed by atoms with van der Waals surface area (Å²) in [4.78, 5) is 12.2. The third-order valence-corrected chi connectivity index (χ3v) is 4.27. The number of oxime groups is 1. The Morgan fingerprint density at radius 3 is 1.96 bits per heavy atom. The topological polar surface area (TPSA) is 72.8 Å². The van der Waals surface area contributed by atoms with Crippen molar-refractivity contribution >= 4 is 21.6 Å². The second-order valence-electron chi connectivity index (χ2n) is 5.00. The molecule has 25 heavy (non-hydrogen) atoms. The van der Waals surface area contributed by atoms with E-state index in [0.29, 0.717) is 0 Å². The lowest BCUT2D eigenvalue weighted by atomic mass is 9.97. The number of hydrogen-bond acceptors (Lipinski definition) is 5. The Morgan fingerprint density at radius 2 is 1.48 bits per heavy atom. The van der Waals surface area contributed by atoms with Crippen molar-refractivity contribution in [3.63, 3.8) is 0 Å². The van der Waals surface area contributed by atoms with E-state index in [1.54, 1.807) is 12.1 Å². The van der Waals surface area contributed by atoms with E-state index in [-0.39, 0.29) is 11.1 Å². The molecule has 2 aromatic rings. The van der Waals surface area contributed by atoms with Crippen LogP contribution < -0.4 is 0 Å². The number of hydrogen-bond donors (Lipinski definition) is 0. The molecule has 0 heterocycles. The van der Waals surface area contributed by atoms with Crippen molar-refractivity contribution in [3.05, 3.63) is 71.8 Å². The van der Waals surface area contributed by atoms with Crippen LogP contribution in [0.5, 0.6) is 0 Å². The van der Waals surface area contributed by atoms with Gasteiger partial charge in [-0.25, -0.2) is 0 Å². The standard InChI is InChI=1S/C17H15F2NO4S/c1-2-25(22,23)24-20-15(13-9-5-3-6-10-13)17(18,19)16(21)14-11-7-4-8-12-14/h3-12H,2H2,1H3. The molecule has 8 heteroatoms. The summed E-state index contributed by atoms with van der Waals surface area (Å²) in [6, 6.07) is 14.0. The summed E-state index contributed by atoms with van der Waals surface area (Å²) in [6.45, 7) is 1.28. The van der Waals surface area contributed by atoms with Crippen LogP contribution in [0.25, 0.3) is 0 Å². The van der Waals surface area contributed by atoms with Gasteiger partial charge in [0.1, 0.15) is 0 Å². The molecule has 0 fully saturated rings. The zero-order chi connectivity index (χ0) is 18.5. The Bertz CT molecular complexity index is 866. The smallest absolute Gasteiger partial charge is 0.287 e. The molecule has 2 rings (SSSR count). The van der Waals surface area contributed by atoms with Crippen molar-refractivity contribution in [2.45, 2.75) is 12.8 Å². The second kappa shape index (κ2) is 7.52. The van der Waals surface area contributed by atoms with E-state index in [2.05, 4.69) is 9.44 Å². The molecule has 5 nitrogen and oxygen atoms in total. The largest absolute Gasteiger partial charge is 0.355 e. The van der Waals surface area contributed by atoms with Gasteiger partial charge in [-0.05, 0) is 6.92 Å². The van der Waals surface area contributed by atoms with Crippen LogP contribution in [0.15, 0.2) is 65.8 Å². The number of benzene rings is 2. The zero-order valence-corrected chi connectivity index (χ0v) is 14.0. The van der Waals surface area contributed by atoms with Crippen molar-refractivity contribution in [1.29, 1.82) is 0 Å². The molecule has 0 aliphatic heterocycles. The second-order valence-corrected chi connectivity index (χ2v) is 6.84. The first kappa shape index (κ1) is 18.7. The van der Waals surface area contributed by atoms with Gasteiger partial charge in [-0.15, -0.1) is 0 Å². The van der Waals surface area contributed by atoms with Crippen LogP contribution in [0.2, 0.25) is 0 Å². The average Bonchev–Trinajstić information content (AvgIpc) is 2.62. The van der Waals surface area contributed by atoms with Crippen molar-refractivity contribution in [2.24, 2.45) is 5.16 Å². The van der Waals surface area contributed by atoms with E-state index in [1.165, 1.54) is 55.5 Å². The van der Waals surface area contributed by atoms with E-state index in [9.17, 15) is 22.0 Å². The molecule has 0 atom stereocenters. The molecular weight excluding hydrogens is 352 g/mol. The number of carbonyl (C=O) groups is 1. The summed E-state index contributed by atoms with van der Waals surface area (Å²) in [5.41, 5.74) is -1.42. The predicted molar refractivity (Wildman–Crippen MR) is 89.2 cm³/mol. The SMILES string of the molecule is CCS(=O)(=O)ON=C(c1ccccc1)C(F)(F)C(=O)c1ccccc1. The fourth-order valence-electron chi connectivity index (χ4n) is 1.91. The number of halogens is 2. The number of ketones is 1. The molecule has 0 saturated heterocycles. The molecule has 0 spiro atoms. The molecule has 0 N–H and O–H groups in total. The zero-order valence-electron chi connectivity index (χ0n) is 13.2. The van der Waals surface area contributed by atoms with Crippen molar-refractivity contribution in [2.75, 3.05) is 5.75 Å². The lowest BCUT2D eigenvalue weighted by molar-refractivity contribution is 0.0465. The van der Waals surface area contributed by atoms with Crippen LogP contribution in [-0.4, -0.2) is 31.6 Å². The summed E-state index contributed by atoms with van der Waals surface area (Å²) in [5, 5.41) is 3.11. The van der Waals surface area contributed by atoms with Gasteiger partial charge in [0, 0.05) is 11.1 Å². The maximum Gasteiger partial charge on any atom is 0.355 e. The van der Waals surface area contributed by atoms with Crippen LogP contribution >= 0.6 is 0 Å². The Balaban J connectivity index is 2.51. The minimum Gasteiger partial charge on any atom is -0.287 e. The lowest BCUT2D eigenvalue weighted by Crippen LogP contribution is -2.39. The van der Waals surface area contributed by atoms with Crippen LogP contribution in [0, 0.1) is 0 Å². The van der Waals surface area contributed by atoms with Gasteiger partial charge in [0.2, 0.25) is 5.78 Å². The number of Topliss-reactive ketones (excluding diaryl/α,β-unsaturated/α-hetero) is 1. The average molecular weight is 367 g/mol. The maximum atomic E-state index is 14.8. The highest BCUT2D eigenvalue weighted by atomic mass is 32.2. The first-order valence-corrected chi connectivity index (χ1v) is 8.88. The first-order valence-electron chi connectivity index (χ1n) is 7.31. The minimum absolute atomic E-state index is 0.122. The van der Waals surface area contributed by atoms with Crippen LogP contribution in [0.4, 0.5) is 8.78 Å². The van der Waals surface area contributed by atoms with Gasteiger partial charge >= 0.3 is 16.0 Å². The van der Waals surface area contributed by atoms with Crippen LogP contribution in [0.1, 0.15) is 22.8 Å². The molecule has 0 aromatic heterocycles. The highest BCUT2D eigenvalue weighted by Gasteiger charge is 2.46. The molecule has 0 unspecified atom stereocenters. The van der Waals surface area contributed by atoms with Gasteiger partial charge in [-0.3, -0.25) is 9.08 Å². The van der Waals surface area contributed by atoms with Crippen LogP contribution in [-0.2, 0) is 14.4 Å². The molecule has 0 aliphatic carbocycles. The van der Waals surface area contributed by atoms with E-state index in [4.69, 9.17) is 0 Å². The summed E-state index contributed by atoms with van der Waals surface area (Å²) in [7, 11) is -4.11. The number of alkyl halides is 2. The molecule has 0 amide bonds.